The maximum Gasteiger partial charge on any atom is 0.277 e. The number of nitrogens with zero attached hydrogens (tertiary/aromatic N) is 3. The predicted molar refractivity (Wildman–Crippen MR) is 76.1 cm³/mol. The summed E-state index contributed by atoms with van der Waals surface area (Å²) in [7, 11) is 0. The van der Waals surface area contributed by atoms with E-state index in [1.54, 1.807) is 18.3 Å². The van der Waals surface area contributed by atoms with Crippen LogP contribution < -0.4 is 5.32 Å². The molecule has 2 aromatic heterocycles. The third-order valence-electron chi connectivity index (χ3n) is 2.68. The van der Waals surface area contributed by atoms with E-state index in [-0.39, 0.29) is 10.8 Å². The molecule has 0 atom stereocenters. The Morgan fingerprint density at radius 1 is 1.20 bits per heavy atom. The fraction of sp³-hybridized carbons (Fsp3) is 0. The number of anilines is 1. The molecule has 0 aliphatic carbocycles. The highest BCUT2D eigenvalue weighted by Gasteiger charge is 2.15. The van der Waals surface area contributed by atoms with Crippen LogP contribution in [0, 0.1) is 0 Å². The molecule has 0 spiro atoms. The van der Waals surface area contributed by atoms with Gasteiger partial charge in [0.05, 0.1) is 22.4 Å². The van der Waals surface area contributed by atoms with Gasteiger partial charge in [-0.25, -0.2) is 9.97 Å². The van der Waals surface area contributed by atoms with E-state index in [0.717, 1.165) is 10.9 Å². The molecule has 2 heterocycles. The Labute approximate surface area is 123 Å². The molecular weight excluding hydrogens is 301 g/mol. The van der Waals surface area contributed by atoms with E-state index in [4.69, 9.17) is 23.2 Å². The molecule has 1 amide bonds. The molecule has 2 N–H and O–H groups in total. The van der Waals surface area contributed by atoms with Gasteiger partial charge in [-0.1, -0.05) is 23.2 Å². The summed E-state index contributed by atoms with van der Waals surface area (Å²) >= 11 is 12.0. The van der Waals surface area contributed by atoms with Crippen LogP contribution in [0.2, 0.25) is 10.2 Å². The molecule has 0 radical (unpaired) electrons. The zero-order valence-electron chi connectivity index (χ0n) is 9.89. The Morgan fingerprint density at radius 2 is 2.00 bits per heavy atom. The van der Waals surface area contributed by atoms with Crippen LogP contribution in [-0.4, -0.2) is 26.1 Å². The van der Waals surface area contributed by atoms with Crippen molar-refractivity contribution in [2.45, 2.75) is 0 Å². The third kappa shape index (κ3) is 2.19. The zero-order valence-corrected chi connectivity index (χ0v) is 11.4. The molecule has 0 saturated carbocycles. The highest BCUT2D eigenvalue weighted by molar-refractivity contribution is 6.39. The molecule has 0 fully saturated rings. The van der Waals surface area contributed by atoms with Gasteiger partial charge in [0.25, 0.3) is 5.91 Å². The van der Waals surface area contributed by atoms with Crippen LogP contribution in [0.1, 0.15) is 10.5 Å². The van der Waals surface area contributed by atoms with Crippen molar-refractivity contribution in [2.24, 2.45) is 0 Å². The number of hydrogen-bond donors (Lipinski definition) is 2. The predicted octanol–water partition coefficient (Wildman–Crippen LogP) is 2.91. The monoisotopic (exact) mass is 307 g/mol. The molecule has 0 bridgehead atoms. The van der Waals surface area contributed by atoms with E-state index < -0.39 is 5.91 Å². The number of carbonyl (C=O) groups is 1. The van der Waals surface area contributed by atoms with E-state index in [1.807, 2.05) is 0 Å². The van der Waals surface area contributed by atoms with Crippen LogP contribution in [0.3, 0.4) is 0 Å². The molecule has 0 aliphatic rings. The lowest BCUT2D eigenvalue weighted by atomic mass is 10.2. The van der Waals surface area contributed by atoms with Gasteiger partial charge in [-0.3, -0.25) is 9.89 Å². The van der Waals surface area contributed by atoms with Crippen LogP contribution >= 0.6 is 23.2 Å². The highest BCUT2D eigenvalue weighted by atomic mass is 35.5. The Hall–Kier alpha value is -2.18. The molecule has 8 heteroatoms. The lowest BCUT2D eigenvalue weighted by Gasteiger charge is -2.07. The first-order valence-corrected chi connectivity index (χ1v) is 6.32. The van der Waals surface area contributed by atoms with Crippen molar-refractivity contribution in [3.05, 3.63) is 46.6 Å². The number of nitrogens with one attached hydrogen (secondary N) is 2. The van der Waals surface area contributed by atoms with E-state index in [1.165, 1.54) is 12.4 Å². The van der Waals surface area contributed by atoms with Gasteiger partial charge >= 0.3 is 0 Å². The number of amides is 1. The maximum atomic E-state index is 12.1. The number of hydrogen-bond acceptors (Lipinski definition) is 4. The normalized spacial score (nSPS) is 10.7. The second-order valence-corrected chi connectivity index (χ2v) is 4.64. The third-order valence-corrected chi connectivity index (χ3v) is 3.36. The van der Waals surface area contributed by atoms with Gasteiger partial charge in [-0.05, 0) is 12.1 Å². The average molecular weight is 308 g/mol. The number of carbonyl (C=O) groups excluding carboxylic acids is 1. The van der Waals surface area contributed by atoms with Gasteiger partial charge in [0, 0.05) is 17.8 Å². The average Bonchev–Trinajstić information content (AvgIpc) is 2.91. The van der Waals surface area contributed by atoms with Gasteiger partial charge in [0.1, 0.15) is 0 Å². The fourth-order valence-electron chi connectivity index (χ4n) is 1.73. The smallest absolute Gasteiger partial charge is 0.277 e. The largest absolute Gasteiger partial charge is 0.319 e. The standard InChI is InChI=1S/C12H7Cl2N5O/c13-9-6-5-17-19-7(6)1-2-8(9)18-12(20)10-11(14)16-4-3-15-10/h1-5H,(H,17,19)(H,18,20). The SMILES string of the molecule is O=C(Nc1ccc2[nH]ncc2c1Cl)c1nccnc1Cl. The second kappa shape index (κ2) is 5.07. The first-order chi connectivity index (χ1) is 9.66. The van der Waals surface area contributed by atoms with Crippen molar-refractivity contribution in [2.75, 3.05) is 5.32 Å². The summed E-state index contributed by atoms with van der Waals surface area (Å²) in [5.74, 6) is -0.479. The molecule has 0 saturated heterocycles. The van der Waals surface area contributed by atoms with Crippen molar-refractivity contribution in [1.29, 1.82) is 0 Å². The summed E-state index contributed by atoms with van der Waals surface area (Å²) in [6, 6.07) is 3.44. The quantitative estimate of drug-likeness (QED) is 0.762. The lowest BCUT2D eigenvalue weighted by molar-refractivity contribution is 0.102. The van der Waals surface area contributed by atoms with E-state index in [0.29, 0.717) is 10.7 Å². The number of fused-ring (bicyclic) bond motifs is 1. The summed E-state index contributed by atoms with van der Waals surface area (Å²) in [5.41, 5.74) is 1.27. The molecule has 20 heavy (non-hydrogen) atoms. The van der Waals surface area contributed by atoms with Crippen molar-refractivity contribution >= 4 is 45.7 Å². The summed E-state index contributed by atoms with van der Waals surface area (Å²) in [6.45, 7) is 0. The van der Waals surface area contributed by atoms with Crippen LogP contribution in [-0.2, 0) is 0 Å². The second-order valence-electron chi connectivity index (χ2n) is 3.91. The molecule has 3 aromatic rings. The van der Waals surface area contributed by atoms with Gasteiger partial charge < -0.3 is 5.32 Å². The van der Waals surface area contributed by atoms with Gasteiger partial charge in [0.15, 0.2) is 10.8 Å². The Bertz CT molecular complexity index is 801. The molecule has 0 aliphatic heterocycles. The van der Waals surface area contributed by atoms with E-state index >= 15 is 0 Å². The number of H-pyrrole nitrogens is 1. The topological polar surface area (TPSA) is 83.6 Å². The van der Waals surface area contributed by atoms with E-state index in [9.17, 15) is 4.79 Å². The Balaban J connectivity index is 1.95. The Kier molecular flexibility index (Phi) is 3.25. The summed E-state index contributed by atoms with van der Waals surface area (Å²) in [5, 5.41) is 10.5. The minimum absolute atomic E-state index is 0.0329. The summed E-state index contributed by atoms with van der Waals surface area (Å²) in [4.78, 5) is 19.8. The van der Waals surface area contributed by atoms with Crippen LogP contribution in [0.15, 0.2) is 30.7 Å². The Morgan fingerprint density at radius 3 is 2.80 bits per heavy atom. The molecule has 6 nitrogen and oxygen atoms in total. The minimum atomic E-state index is -0.479. The summed E-state index contributed by atoms with van der Waals surface area (Å²) < 4.78 is 0. The molecule has 0 unspecified atom stereocenters. The first-order valence-electron chi connectivity index (χ1n) is 5.56. The van der Waals surface area contributed by atoms with Crippen LogP contribution in [0.25, 0.3) is 10.9 Å². The van der Waals surface area contributed by atoms with Crippen molar-refractivity contribution in [3.8, 4) is 0 Å². The van der Waals surface area contributed by atoms with Gasteiger partial charge in [0.2, 0.25) is 0 Å². The number of benzene rings is 1. The molecule has 3 rings (SSSR count). The van der Waals surface area contributed by atoms with Crippen molar-refractivity contribution in [3.63, 3.8) is 0 Å². The number of aromatic nitrogens is 4. The van der Waals surface area contributed by atoms with Crippen LogP contribution in [0.4, 0.5) is 5.69 Å². The zero-order chi connectivity index (χ0) is 14.1. The molecular formula is C12H7Cl2N5O. The number of halogens is 2. The molecule has 1 aromatic carbocycles. The summed E-state index contributed by atoms with van der Waals surface area (Å²) in [6.07, 6.45) is 4.38. The van der Waals surface area contributed by atoms with E-state index in [2.05, 4.69) is 25.5 Å². The number of rotatable bonds is 2. The fourth-order valence-corrected chi connectivity index (χ4v) is 2.19. The molecule has 100 valence electrons. The van der Waals surface area contributed by atoms with Gasteiger partial charge in [-0.2, -0.15) is 5.10 Å². The van der Waals surface area contributed by atoms with Gasteiger partial charge in [-0.15, -0.1) is 0 Å². The minimum Gasteiger partial charge on any atom is -0.319 e. The van der Waals surface area contributed by atoms with Crippen molar-refractivity contribution in [1.82, 2.24) is 20.2 Å². The highest BCUT2D eigenvalue weighted by Crippen LogP contribution is 2.30. The number of aromatic amines is 1. The lowest BCUT2D eigenvalue weighted by Crippen LogP contribution is -2.15. The maximum absolute atomic E-state index is 12.1. The first kappa shape index (κ1) is 12.8. The van der Waals surface area contributed by atoms with Crippen molar-refractivity contribution < 1.29 is 4.79 Å². The van der Waals surface area contributed by atoms with Crippen LogP contribution in [0.5, 0.6) is 0 Å².